The fourth-order valence-corrected chi connectivity index (χ4v) is 9.28. The SMILES string of the molecule is CC1(C)c2ccccc2-c2cc(-c3cc(-c4cc(-c5ccccc5)cc(-c5cccc6c5sc5ccccc56)c4)nc(-c4ccccc4)n3)ccc21. The van der Waals surface area contributed by atoms with Crippen LogP contribution < -0.4 is 0 Å². The lowest BCUT2D eigenvalue weighted by atomic mass is 9.82. The summed E-state index contributed by atoms with van der Waals surface area (Å²) in [7, 11) is 0. The third-order valence-electron chi connectivity index (χ3n) is 10.7. The molecule has 0 saturated heterocycles. The van der Waals surface area contributed by atoms with E-state index in [-0.39, 0.29) is 5.41 Å². The fraction of sp³-hybridized carbons (Fsp3) is 0.0612. The van der Waals surface area contributed by atoms with Crippen LogP contribution in [0.2, 0.25) is 0 Å². The number of rotatable bonds is 5. The van der Waals surface area contributed by atoms with E-state index in [1.165, 1.54) is 59.1 Å². The van der Waals surface area contributed by atoms with Gasteiger partial charge in [-0.25, -0.2) is 9.97 Å². The standard InChI is InChI=1S/C49H34N2S/c1-49(2)42-22-11-9-18-38(42)41-29-33(24-25-43(41)49)44-30-45(51-48(50-44)32-16-7-4-8-17-32)36-27-34(31-14-5-3-6-15-31)26-35(28-36)37-20-13-21-40-39-19-10-12-23-46(39)52-47(37)40/h3-30H,1-2H3. The molecule has 2 nitrogen and oxygen atoms in total. The van der Waals surface area contributed by atoms with Crippen molar-refractivity contribution >= 4 is 31.5 Å². The van der Waals surface area contributed by atoms with Crippen LogP contribution in [-0.4, -0.2) is 9.97 Å². The van der Waals surface area contributed by atoms with Crippen LogP contribution in [0.5, 0.6) is 0 Å². The highest BCUT2D eigenvalue weighted by Gasteiger charge is 2.35. The van der Waals surface area contributed by atoms with Crippen LogP contribution >= 0.6 is 11.3 Å². The summed E-state index contributed by atoms with van der Waals surface area (Å²) >= 11 is 1.86. The first kappa shape index (κ1) is 30.6. The van der Waals surface area contributed by atoms with Gasteiger partial charge < -0.3 is 0 Å². The highest BCUT2D eigenvalue weighted by atomic mass is 32.1. The molecule has 0 spiro atoms. The van der Waals surface area contributed by atoms with Gasteiger partial charge in [0, 0.05) is 42.3 Å². The normalized spacial score (nSPS) is 13.0. The number of hydrogen-bond donors (Lipinski definition) is 0. The van der Waals surface area contributed by atoms with Crippen molar-refractivity contribution in [2.45, 2.75) is 19.3 Å². The molecule has 1 aliphatic carbocycles. The Morgan fingerprint density at radius 3 is 1.85 bits per heavy atom. The molecule has 1 aliphatic rings. The molecule has 0 bridgehead atoms. The first-order valence-electron chi connectivity index (χ1n) is 17.8. The van der Waals surface area contributed by atoms with Gasteiger partial charge in [0.15, 0.2) is 5.82 Å². The second-order valence-corrected chi connectivity index (χ2v) is 15.3. The van der Waals surface area contributed by atoms with E-state index < -0.39 is 0 Å². The minimum atomic E-state index is -0.0535. The van der Waals surface area contributed by atoms with Gasteiger partial charge in [-0.3, -0.25) is 0 Å². The molecule has 7 aromatic carbocycles. The van der Waals surface area contributed by atoms with Crippen LogP contribution in [0.25, 0.3) is 87.5 Å². The number of hydrogen-bond acceptors (Lipinski definition) is 3. The summed E-state index contributed by atoms with van der Waals surface area (Å²) in [4.78, 5) is 10.5. The third kappa shape index (κ3) is 5.00. The zero-order valence-electron chi connectivity index (χ0n) is 29.0. The molecule has 0 saturated carbocycles. The molecule has 10 rings (SSSR count). The molecule has 0 radical (unpaired) electrons. The molecule has 9 aromatic rings. The van der Waals surface area contributed by atoms with Gasteiger partial charge in [-0.15, -0.1) is 11.3 Å². The van der Waals surface area contributed by atoms with Crippen LogP contribution in [0.1, 0.15) is 25.0 Å². The van der Waals surface area contributed by atoms with E-state index in [2.05, 4.69) is 178 Å². The Balaban J connectivity index is 1.20. The molecule has 2 heterocycles. The molecular weight excluding hydrogens is 649 g/mol. The topological polar surface area (TPSA) is 25.8 Å². The van der Waals surface area contributed by atoms with E-state index in [9.17, 15) is 0 Å². The summed E-state index contributed by atoms with van der Waals surface area (Å²) in [5.41, 5.74) is 14.9. The summed E-state index contributed by atoms with van der Waals surface area (Å²) in [5, 5.41) is 2.60. The quantitative estimate of drug-likeness (QED) is 0.181. The van der Waals surface area contributed by atoms with E-state index in [0.717, 1.165) is 33.6 Å². The van der Waals surface area contributed by atoms with Crippen LogP contribution in [0.15, 0.2) is 170 Å². The van der Waals surface area contributed by atoms with Crippen LogP contribution in [0.4, 0.5) is 0 Å². The van der Waals surface area contributed by atoms with Crippen molar-refractivity contribution in [1.82, 2.24) is 9.97 Å². The maximum absolute atomic E-state index is 5.29. The largest absolute Gasteiger partial charge is 0.228 e. The lowest BCUT2D eigenvalue weighted by Crippen LogP contribution is -2.14. The van der Waals surface area contributed by atoms with Gasteiger partial charge in [-0.1, -0.05) is 147 Å². The lowest BCUT2D eigenvalue weighted by Gasteiger charge is -2.21. The van der Waals surface area contributed by atoms with Crippen LogP contribution in [-0.2, 0) is 5.41 Å². The number of nitrogens with zero attached hydrogens (tertiary/aromatic N) is 2. The third-order valence-corrected chi connectivity index (χ3v) is 11.9. The molecular formula is C49H34N2S. The maximum atomic E-state index is 5.29. The summed E-state index contributed by atoms with van der Waals surface area (Å²) in [6.45, 7) is 4.65. The van der Waals surface area contributed by atoms with E-state index in [1.807, 2.05) is 17.4 Å². The average molecular weight is 683 g/mol. The van der Waals surface area contributed by atoms with Crippen LogP contribution in [0, 0.1) is 0 Å². The molecule has 0 fully saturated rings. The zero-order chi connectivity index (χ0) is 34.8. The summed E-state index contributed by atoms with van der Waals surface area (Å²) in [5.74, 6) is 0.715. The number of benzene rings is 7. The minimum Gasteiger partial charge on any atom is -0.228 e. The number of thiophene rings is 1. The predicted octanol–water partition coefficient (Wildman–Crippen LogP) is 13.5. The van der Waals surface area contributed by atoms with E-state index >= 15 is 0 Å². The van der Waals surface area contributed by atoms with Gasteiger partial charge in [0.1, 0.15) is 0 Å². The highest BCUT2D eigenvalue weighted by Crippen LogP contribution is 2.49. The van der Waals surface area contributed by atoms with Gasteiger partial charge in [0.05, 0.1) is 11.4 Å². The van der Waals surface area contributed by atoms with Gasteiger partial charge >= 0.3 is 0 Å². The molecule has 0 amide bonds. The Morgan fingerprint density at radius 2 is 1.02 bits per heavy atom. The molecule has 2 aromatic heterocycles. The summed E-state index contributed by atoms with van der Waals surface area (Å²) < 4.78 is 2.60. The molecule has 3 heteroatoms. The Bertz CT molecular complexity index is 2810. The zero-order valence-corrected chi connectivity index (χ0v) is 29.8. The van der Waals surface area contributed by atoms with Gasteiger partial charge in [-0.05, 0) is 80.9 Å². The second-order valence-electron chi connectivity index (χ2n) is 14.2. The molecule has 0 N–H and O–H groups in total. The second kappa shape index (κ2) is 12.0. The van der Waals surface area contributed by atoms with E-state index in [4.69, 9.17) is 9.97 Å². The van der Waals surface area contributed by atoms with Crippen molar-refractivity contribution in [1.29, 1.82) is 0 Å². The average Bonchev–Trinajstić information content (AvgIpc) is 3.70. The molecule has 246 valence electrons. The van der Waals surface area contributed by atoms with Crippen molar-refractivity contribution in [3.05, 3.63) is 181 Å². The minimum absolute atomic E-state index is 0.0535. The molecule has 0 atom stereocenters. The van der Waals surface area contributed by atoms with Gasteiger partial charge in [0.25, 0.3) is 0 Å². The van der Waals surface area contributed by atoms with Crippen molar-refractivity contribution in [2.75, 3.05) is 0 Å². The maximum Gasteiger partial charge on any atom is 0.160 e. The first-order valence-corrected chi connectivity index (χ1v) is 18.6. The Hall–Kier alpha value is -6.16. The summed E-state index contributed by atoms with van der Waals surface area (Å²) in [6, 6.07) is 61.2. The lowest BCUT2D eigenvalue weighted by molar-refractivity contribution is 0.660. The Labute approximate surface area is 307 Å². The highest BCUT2D eigenvalue weighted by molar-refractivity contribution is 7.26. The smallest absolute Gasteiger partial charge is 0.160 e. The fourth-order valence-electron chi connectivity index (χ4n) is 8.04. The van der Waals surface area contributed by atoms with E-state index in [0.29, 0.717) is 5.82 Å². The van der Waals surface area contributed by atoms with Gasteiger partial charge in [-0.2, -0.15) is 0 Å². The van der Waals surface area contributed by atoms with Crippen molar-refractivity contribution < 1.29 is 0 Å². The molecule has 0 aliphatic heterocycles. The number of aromatic nitrogens is 2. The van der Waals surface area contributed by atoms with Crippen molar-refractivity contribution in [3.63, 3.8) is 0 Å². The predicted molar refractivity (Wildman–Crippen MR) is 220 cm³/mol. The Kier molecular flexibility index (Phi) is 7.06. The van der Waals surface area contributed by atoms with E-state index in [1.54, 1.807) is 0 Å². The van der Waals surface area contributed by atoms with Gasteiger partial charge in [0.2, 0.25) is 0 Å². The van der Waals surface area contributed by atoms with Crippen molar-refractivity contribution in [2.24, 2.45) is 0 Å². The number of fused-ring (bicyclic) bond motifs is 6. The summed E-state index contributed by atoms with van der Waals surface area (Å²) in [6.07, 6.45) is 0. The van der Waals surface area contributed by atoms with Crippen molar-refractivity contribution in [3.8, 4) is 67.3 Å². The van der Waals surface area contributed by atoms with Crippen LogP contribution in [0.3, 0.4) is 0 Å². The first-order chi connectivity index (χ1) is 25.5. The molecule has 0 unspecified atom stereocenters. The Morgan fingerprint density at radius 1 is 0.404 bits per heavy atom. The molecule has 52 heavy (non-hydrogen) atoms. The monoisotopic (exact) mass is 682 g/mol.